The van der Waals surface area contributed by atoms with Crippen molar-refractivity contribution in [2.45, 2.75) is 30.2 Å². The Kier molecular flexibility index (Phi) is 4.23. The van der Waals surface area contributed by atoms with Crippen LogP contribution in [-0.4, -0.2) is 43.9 Å². The average molecular weight is 297 g/mol. The van der Waals surface area contributed by atoms with E-state index in [2.05, 4.69) is 30.5 Å². The van der Waals surface area contributed by atoms with Crippen molar-refractivity contribution in [2.24, 2.45) is 0 Å². The van der Waals surface area contributed by atoms with Gasteiger partial charge in [-0.05, 0) is 25.6 Å². The van der Waals surface area contributed by atoms with Crippen molar-refractivity contribution in [1.82, 2.24) is 29.7 Å². The van der Waals surface area contributed by atoms with Gasteiger partial charge in [-0.3, -0.25) is 4.57 Å². The van der Waals surface area contributed by atoms with Gasteiger partial charge in [0.2, 0.25) is 11.1 Å². The van der Waals surface area contributed by atoms with Gasteiger partial charge in [-0.1, -0.05) is 0 Å². The molecule has 2 aromatic rings. The number of aromatic nitrogens is 6. The van der Waals surface area contributed by atoms with Gasteiger partial charge in [-0.15, -0.1) is 5.10 Å². The molecule has 0 radical (unpaired) electrons. The molecule has 0 aliphatic carbocycles. The molecule has 0 aliphatic rings. The van der Waals surface area contributed by atoms with Gasteiger partial charge >= 0.3 is 11.7 Å². The van der Waals surface area contributed by atoms with Gasteiger partial charge in [0.05, 0.1) is 7.11 Å². The predicted molar refractivity (Wildman–Crippen MR) is 73.3 cm³/mol. The van der Waals surface area contributed by atoms with Gasteiger partial charge in [0.1, 0.15) is 0 Å². The molecule has 0 aliphatic heterocycles. The maximum atomic E-state index is 11.7. The SMILES string of the molecule is CNc1nc(OC)nc(Sc2n[nH]c(=O)n2C(C)C)n1. The van der Waals surface area contributed by atoms with Crippen LogP contribution in [0, 0.1) is 0 Å². The number of nitrogens with one attached hydrogen (secondary N) is 2. The molecule has 0 saturated carbocycles. The minimum atomic E-state index is -0.266. The van der Waals surface area contributed by atoms with Crippen molar-refractivity contribution >= 4 is 17.7 Å². The summed E-state index contributed by atoms with van der Waals surface area (Å²) < 4.78 is 6.53. The van der Waals surface area contributed by atoms with Crippen molar-refractivity contribution < 1.29 is 4.74 Å². The minimum absolute atomic E-state index is 0.0174. The number of rotatable bonds is 5. The summed E-state index contributed by atoms with van der Waals surface area (Å²) in [5.41, 5.74) is -0.266. The highest BCUT2D eigenvalue weighted by Crippen LogP contribution is 2.25. The Morgan fingerprint density at radius 2 is 2.10 bits per heavy atom. The molecule has 2 aromatic heterocycles. The third-order valence-electron chi connectivity index (χ3n) is 2.37. The standard InChI is InChI=1S/C10H15N7O2S/c1-5(2)17-9(18)15-16-10(17)20-8-13-6(11-3)12-7(14-8)19-4/h5H,1-4H3,(H,15,18)(H,11,12,13,14). The third-order valence-corrected chi connectivity index (χ3v) is 3.21. The summed E-state index contributed by atoms with van der Waals surface area (Å²) in [4.78, 5) is 24.0. The summed E-state index contributed by atoms with van der Waals surface area (Å²) in [6.07, 6.45) is 0. The fourth-order valence-corrected chi connectivity index (χ4v) is 2.39. The number of hydrogen-bond donors (Lipinski definition) is 2. The lowest BCUT2D eigenvalue weighted by Crippen LogP contribution is -2.19. The molecule has 0 aromatic carbocycles. The van der Waals surface area contributed by atoms with Gasteiger partial charge in [0.15, 0.2) is 5.16 Å². The van der Waals surface area contributed by atoms with Crippen molar-refractivity contribution in [1.29, 1.82) is 0 Å². The summed E-state index contributed by atoms with van der Waals surface area (Å²) in [6, 6.07) is 0.178. The molecule has 10 heteroatoms. The zero-order valence-corrected chi connectivity index (χ0v) is 12.4. The highest BCUT2D eigenvalue weighted by Gasteiger charge is 2.15. The maximum Gasteiger partial charge on any atom is 0.344 e. The second-order valence-electron chi connectivity index (χ2n) is 4.06. The van der Waals surface area contributed by atoms with Gasteiger partial charge < -0.3 is 10.1 Å². The highest BCUT2D eigenvalue weighted by molar-refractivity contribution is 7.99. The number of methoxy groups -OCH3 is 1. The first-order valence-corrected chi connectivity index (χ1v) is 6.69. The third kappa shape index (κ3) is 2.90. The number of nitrogens with zero attached hydrogens (tertiary/aromatic N) is 5. The van der Waals surface area contributed by atoms with Crippen LogP contribution < -0.4 is 15.7 Å². The topological polar surface area (TPSA) is 111 Å². The number of H-pyrrole nitrogens is 1. The molecule has 0 unspecified atom stereocenters. The smallest absolute Gasteiger partial charge is 0.344 e. The normalized spacial score (nSPS) is 10.8. The Bertz CT molecular complexity index is 629. The summed E-state index contributed by atoms with van der Waals surface area (Å²) in [6.45, 7) is 3.79. The number of aromatic amines is 1. The molecule has 0 amide bonds. The van der Waals surface area contributed by atoms with E-state index in [1.807, 2.05) is 13.8 Å². The van der Waals surface area contributed by atoms with Gasteiger partial charge in [-0.2, -0.15) is 15.0 Å². The summed E-state index contributed by atoms with van der Waals surface area (Å²) in [5, 5.41) is 10.1. The number of ether oxygens (including phenoxy) is 1. The Hall–Kier alpha value is -2.10. The van der Waals surface area contributed by atoms with Crippen molar-refractivity contribution in [3.8, 4) is 6.01 Å². The molecule has 9 nitrogen and oxygen atoms in total. The van der Waals surface area contributed by atoms with E-state index in [9.17, 15) is 4.79 Å². The molecule has 0 bridgehead atoms. The summed E-state index contributed by atoms with van der Waals surface area (Å²) >= 11 is 1.16. The van der Waals surface area contributed by atoms with E-state index >= 15 is 0 Å². The van der Waals surface area contributed by atoms with E-state index in [1.54, 1.807) is 7.05 Å². The Morgan fingerprint density at radius 1 is 1.35 bits per heavy atom. The zero-order chi connectivity index (χ0) is 14.7. The van der Waals surface area contributed by atoms with Gasteiger partial charge in [-0.25, -0.2) is 9.89 Å². The van der Waals surface area contributed by atoms with E-state index in [0.717, 1.165) is 11.8 Å². The van der Waals surface area contributed by atoms with Crippen LogP contribution in [0.4, 0.5) is 5.95 Å². The highest BCUT2D eigenvalue weighted by atomic mass is 32.2. The molecule has 20 heavy (non-hydrogen) atoms. The van der Waals surface area contributed by atoms with Gasteiger partial charge in [0.25, 0.3) is 0 Å². The van der Waals surface area contributed by atoms with E-state index in [-0.39, 0.29) is 17.7 Å². The lowest BCUT2D eigenvalue weighted by atomic mass is 10.4. The Balaban J connectivity index is 2.37. The van der Waals surface area contributed by atoms with Crippen molar-refractivity contribution in [3.05, 3.63) is 10.5 Å². The first kappa shape index (κ1) is 14.3. The summed E-state index contributed by atoms with van der Waals surface area (Å²) in [7, 11) is 3.17. The molecule has 0 atom stereocenters. The molecular weight excluding hydrogens is 282 g/mol. The fraction of sp³-hybridized carbons (Fsp3) is 0.500. The van der Waals surface area contributed by atoms with Crippen LogP contribution in [-0.2, 0) is 0 Å². The molecule has 108 valence electrons. The van der Waals surface area contributed by atoms with Crippen LogP contribution in [0.5, 0.6) is 6.01 Å². The molecule has 2 N–H and O–H groups in total. The van der Waals surface area contributed by atoms with Crippen molar-refractivity contribution in [2.75, 3.05) is 19.5 Å². The number of anilines is 1. The van der Waals surface area contributed by atoms with E-state index < -0.39 is 0 Å². The lowest BCUT2D eigenvalue weighted by molar-refractivity contribution is 0.373. The second kappa shape index (κ2) is 5.90. The fourth-order valence-electron chi connectivity index (χ4n) is 1.49. The Morgan fingerprint density at radius 3 is 2.70 bits per heavy atom. The van der Waals surface area contributed by atoms with E-state index in [0.29, 0.717) is 16.3 Å². The second-order valence-corrected chi connectivity index (χ2v) is 4.99. The molecule has 2 rings (SSSR count). The van der Waals surface area contributed by atoms with Crippen molar-refractivity contribution in [3.63, 3.8) is 0 Å². The van der Waals surface area contributed by atoms with Crippen LogP contribution in [0.15, 0.2) is 15.1 Å². The number of hydrogen-bond acceptors (Lipinski definition) is 8. The maximum absolute atomic E-state index is 11.7. The molecule has 0 fully saturated rings. The molecule has 0 spiro atoms. The quantitative estimate of drug-likeness (QED) is 0.822. The molecule has 0 saturated heterocycles. The van der Waals surface area contributed by atoms with E-state index in [4.69, 9.17) is 4.74 Å². The van der Waals surface area contributed by atoms with Crippen LogP contribution in [0.1, 0.15) is 19.9 Å². The zero-order valence-electron chi connectivity index (χ0n) is 11.5. The Labute approximate surface area is 119 Å². The molecule has 2 heterocycles. The first-order valence-electron chi connectivity index (χ1n) is 5.87. The van der Waals surface area contributed by atoms with Crippen LogP contribution >= 0.6 is 11.8 Å². The predicted octanol–water partition coefficient (Wildman–Crippen LogP) is 0.539. The van der Waals surface area contributed by atoms with Crippen LogP contribution in [0.25, 0.3) is 0 Å². The first-order chi connectivity index (χ1) is 9.55. The van der Waals surface area contributed by atoms with Crippen LogP contribution in [0.3, 0.4) is 0 Å². The monoisotopic (exact) mass is 297 g/mol. The lowest BCUT2D eigenvalue weighted by Gasteiger charge is -2.08. The minimum Gasteiger partial charge on any atom is -0.467 e. The van der Waals surface area contributed by atoms with Gasteiger partial charge in [0, 0.05) is 13.1 Å². The van der Waals surface area contributed by atoms with Crippen LogP contribution in [0.2, 0.25) is 0 Å². The summed E-state index contributed by atoms with van der Waals surface area (Å²) in [5.74, 6) is 0.383. The largest absolute Gasteiger partial charge is 0.467 e. The van der Waals surface area contributed by atoms with E-state index in [1.165, 1.54) is 11.7 Å². The molecular formula is C10H15N7O2S. The average Bonchev–Trinajstić information content (AvgIpc) is 2.79.